The van der Waals surface area contributed by atoms with Gasteiger partial charge in [-0.2, -0.15) is 0 Å². The summed E-state index contributed by atoms with van der Waals surface area (Å²) in [6.07, 6.45) is 0.798. The number of hydrogen-bond donors (Lipinski definition) is 2. The molecule has 2 N–H and O–H groups in total. The second kappa shape index (κ2) is 6.86. The molecular formula is C13H19NO4. The first-order valence-corrected chi connectivity index (χ1v) is 5.75. The third-order valence-electron chi connectivity index (χ3n) is 2.61. The van der Waals surface area contributed by atoms with Gasteiger partial charge in [0.15, 0.2) is 0 Å². The Kier molecular flexibility index (Phi) is 5.45. The van der Waals surface area contributed by atoms with Gasteiger partial charge in [-0.15, -0.1) is 0 Å². The van der Waals surface area contributed by atoms with Gasteiger partial charge in [-0.1, -0.05) is 0 Å². The number of rotatable bonds is 7. The number of carboxylic acids is 1. The summed E-state index contributed by atoms with van der Waals surface area (Å²) in [5.41, 5.74) is 0.797. The minimum absolute atomic E-state index is 0.121. The summed E-state index contributed by atoms with van der Waals surface area (Å²) in [5.74, 6) is -0.333. The van der Waals surface area contributed by atoms with Crippen LogP contribution in [0.5, 0.6) is 5.75 Å². The molecule has 0 bridgehead atoms. The molecule has 0 saturated carbocycles. The Bertz CT molecular complexity index is 406. The molecule has 18 heavy (non-hydrogen) atoms. The average Bonchev–Trinajstić information content (AvgIpc) is 2.35. The van der Waals surface area contributed by atoms with E-state index < -0.39 is 5.97 Å². The van der Waals surface area contributed by atoms with E-state index in [2.05, 4.69) is 5.32 Å². The third-order valence-corrected chi connectivity index (χ3v) is 2.61. The van der Waals surface area contributed by atoms with Crippen molar-refractivity contribution in [3.63, 3.8) is 0 Å². The second-order valence-electron chi connectivity index (χ2n) is 4.04. The van der Waals surface area contributed by atoms with Crippen LogP contribution in [-0.2, 0) is 4.74 Å². The quantitative estimate of drug-likeness (QED) is 0.780. The highest BCUT2D eigenvalue weighted by Gasteiger charge is 2.13. The molecule has 0 fully saturated rings. The summed E-state index contributed by atoms with van der Waals surface area (Å²) in [6, 6.07) is 4.98. The molecule has 0 amide bonds. The molecule has 0 spiro atoms. The topological polar surface area (TPSA) is 67.8 Å². The smallest absolute Gasteiger partial charge is 0.337 e. The molecule has 0 aromatic heterocycles. The molecule has 0 heterocycles. The number of carboxylic acid groups (broad SMARTS) is 1. The van der Waals surface area contributed by atoms with Crippen LogP contribution >= 0.6 is 0 Å². The summed E-state index contributed by atoms with van der Waals surface area (Å²) in [6.45, 7) is 2.60. The lowest BCUT2D eigenvalue weighted by Crippen LogP contribution is -2.19. The van der Waals surface area contributed by atoms with Crippen molar-refractivity contribution >= 4 is 11.7 Å². The summed E-state index contributed by atoms with van der Waals surface area (Å²) in [5, 5.41) is 12.3. The SMILES string of the molecule is COCCC(C)Nc1cc(OC)ccc1C(=O)O. The van der Waals surface area contributed by atoms with Gasteiger partial charge in [-0.3, -0.25) is 0 Å². The van der Waals surface area contributed by atoms with Gasteiger partial charge in [0.2, 0.25) is 0 Å². The van der Waals surface area contributed by atoms with Gasteiger partial charge in [0, 0.05) is 25.8 Å². The van der Waals surface area contributed by atoms with Gasteiger partial charge in [0.25, 0.3) is 0 Å². The lowest BCUT2D eigenvalue weighted by Gasteiger charge is -2.17. The molecule has 1 aromatic carbocycles. The molecule has 1 rings (SSSR count). The Balaban J connectivity index is 2.86. The van der Waals surface area contributed by atoms with E-state index in [9.17, 15) is 4.79 Å². The van der Waals surface area contributed by atoms with Gasteiger partial charge in [0.1, 0.15) is 5.75 Å². The number of benzene rings is 1. The van der Waals surface area contributed by atoms with Crippen molar-refractivity contribution in [2.45, 2.75) is 19.4 Å². The average molecular weight is 253 g/mol. The number of methoxy groups -OCH3 is 2. The van der Waals surface area contributed by atoms with Crippen molar-refractivity contribution in [1.82, 2.24) is 0 Å². The number of ether oxygens (including phenoxy) is 2. The normalized spacial score (nSPS) is 11.9. The minimum Gasteiger partial charge on any atom is -0.497 e. The first-order chi connectivity index (χ1) is 8.58. The highest BCUT2D eigenvalue weighted by molar-refractivity contribution is 5.94. The van der Waals surface area contributed by atoms with E-state index in [4.69, 9.17) is 14.6 Å². The predicted molar refractivity (Wildman–Crippen MR) is 69.5 cm³/mol. The van der Waals surface area contributed by atoms with Crippen LogP contribution < -0.4 is 10.1 Å². The van der Waals surface area contributed by atoms with E-state index >= 15 is 0 Å². The highest BCUT2D eigenvalue weighted by atomic mass is 16.5. The predicted octanol–water partition coefficient (Wildman–Crippen LogP) is 2.23. The van der Waals surface area contributed by atoms with Gasteiger partial charge < -0.3 is 19.9 Å². The largest absolute Gasteiger partial charge is 0.497 e. The minimum atomic E-state index is -0.959. The molecule has 5 heteroatoms. The molecular weight excluding hydrogens is 234 g/mol. The highest BCUT2D eigenvalue weighted by Crippen LogP contribution is 2.23. The van der Waals surface area contributed by atoms with Crippen LogP contribution in [0.15, 0.2) is 18.2 Å². The van der Waals surface area contributed by atoms with Crippen molar-refractivity contribution in [3.05, 3.63) is 23.8 Å². The zero-order chi connectivity index (χ0) is 13.5. The van der Waals surface area contributed by atoms with E-state index in [1.165, 1.54) is 6.07 Å². The number of carbonyl (C=O) groups is 1. The Hall–Kier alpha value is -1.75. The fraction of sp³-hybridized carbons (Fsp3) is 0.462. The number of hydrogen-bond acceptors (Lipinski definition) is 4. The third kappa shape index (κ3) is 3.92. The van der Waals surface area contributed by atoms with Gasteiger partial charge in [0.05, 0.1) is 18.4 Å². The van der Waals surface area contributed by atoms with Gasteiger partial charge in [-0.05, 0) is 25.5 Å². The second-order valence-corrected chi connectivity index (χ2v) is 4.04. The van der Waals surface area contributed by atoms with Gasteiger partial charge in [-0.25, -0.2) is 4.79 Å². The summed E-state index contributed by atoms with van der Waals surface area (Å²) in [7, 11) is 3.19. The van der Waals surface area contributed by atoms with Crippen molar-refractivity contribution in [2.24, 2.45) is 0 Å². The van der Waals surface area contributed by atoms with Crippen LogP contribution in [0.1, 0.15) is 23.7 Å². The molecule has 100 valence electrons. The van der Waals surface area contributed by atoms with Crippen LogP contribution in [-0.4, -0.2) is 37.9 Å². The fourth-order valence-electron chi connectivity index (χ4n) is 1.59. The molecule has 0 aliphatic rings. The van der Waals surface area contributed by atoms with Crippen LogP contribution in [0.2, 0.25) is 0 Å². The molecule has 5 nitrogen and oxygen atoms in total. The molecule has 1 aromatic rings. The van der Waals surface area contributed by atoms with Gasteiger partial charge >= 0.3 is 5.97 Å². The first-order valence-electron chi connectivity index (χ1n) is 5.75. The van der Waals surface area contributed by atoms with E-state index in [1.54, 1.807) is 26.4 Å². The van der Waals surface area contributed by atoms with E-state index in [0.717, 1.165) is 6.42 Å². The van der Waals surface area contributed by atoms with Crippen LogP contribution in [0.3, 0.4) is 0 Å². The van der Waals surface area contributed by atoms with Crippen molar-refractivity contribution in [3.8, 4) is 5.75 Å². The first kappa shape index (κ1) is 14.3. The maximum atomic E-state index is 11.1. The van der Waals surface area contributed by atoms with Crippen LogP contribution in [0, 0.1) is 0 Å². The standard InChI is InChI=1S/C13H19NO4/c1-9(6-7-17-2)14-12-8-10(18-3)4-5-11(12)13(15)16/h4-5,8-9,14H,6-7H2,1-3H3,(H,15,16). The fourth-order valence-corrected chi connectivity index (χ4v) is 1.59. The summed E-state index contributed by atoms with van der Waals surface area (Å²) >= 11 is 0. The zero-order valence-corrected chi connectivity index (χ0v) is 10.9. The molecule has 0 radical (unpaired) electrons. The van der Waals surface area contributed by atoms with E-state index in [-0.39, 0.29) is 11.6 Å². The summed E-state index contributed by atoms with van der Waals surface area (Å²) < 4.78 is 10.1. The Morgan fingerprint density at radius 3 is 2.72 bits per heavy atom. The zero-order valence-electron chi connectivity index (χ0n) is 10.9. The molecule has 0 saturated heterocycles. The Labute approximate surface area is 107 Å². The van der Waals surface area contributed by atoms with Crippen molar-refractivity contribution < 1.29 is 19.4 Å². The van der Waals surface area contributed by atoms with E-state index in [0.29, 0.717) is 18.0 Å². The maximum Gasteiger partial charge on any atom is 0.337 e. The van der Waals surface area contributed by atoms with Crippen molar-refractivity contribution in [2.75, 3.05) is 26.1 Å². The number of aromatic carboxylic acids is 1. The Morgan fingerprint density at radius 2 is 2.17 bits per heavy atom. The maximum absolute atomic E-state index is 11.1. The summed E-state index contributed by atoms with van der Waals surface area (Å²) in [4.78, 5) is 11.1. The molecule has 1 atom stereocenters. The monoisotopic (exact) mass is 253 g/mol. The van der Waals surface area contributed by atoms with E-state index in [1.807, 2.05) is 6.92 Å². The lowest BCUT2D eigenvalue weighted by atomic mass is 10.1. The number of anilines is 1. The Morgan fingerprint density at radius 1 is 1.44 bits per heavy atom. The molecule has 0 aliphatic heterocycles. The van der Waals surface area contributed by atoms with Crippen LogP contribution in [0.25, 0.3) is 0 Å². The van der Waals surface area contributed by atoms with Crippen molar-refractivity contribution in [1.29, 1.82) is 0 Å². The molecule has 0 aliphatic carbocycles. The van der Waals surface area contributed by atoms with Crippen LogP contribution in [0.4, 0.5) is 5.69 Å². The number of nitrogens with one attached hydrogen (secondary N) is 1. The lowest BCUT2D eigenvalue weighted by molar-refractivity contribution is 0.0698. The molecule has 1 unspecified atom stereocenters.